The van der Waals surface area contributed by atoms with E-state index in [2.05, 4.69) is 0 Å². The predicted octanol–water partition coefficient (Wildman–Crippen LogP) is 3.60. The second-order valence-electron chi connectivity index (χ2n) is 13.1. The Morgan fingerprint density at radius 3 is 2.46 bits per heavy atom. The largest absolute Gasteiger partial charge is 0.465 e. The average Bonchev–Trinajstić information content (AvgIpc) is 3.39. The van der Waals surface area contributed by atoms with E-state index in [1.165, 1.54) is 0 Å². The summed E-state index contributed by atoms with van der Waals surface area (Å²) in [5.41, 5.74) is -0.486. The van der Waals surface area contributed by atoms with Gasteiger partial charge in [-0.05, 0) is 79.1 Å². The summed E-state index contributed by atoms with van der Waals surface area (Å²) in [6.45, 7) is 10.7. The van der Waals surface area contributed by atoms with Gasteiger partial charge in [-0.3, -0.25) is 9.59 Å². The lowest BCUT2D eigenvalue weighted by molar-refractivity contribution is -0.336. The maximum absolute atomic E-state index is 12.7. The quantitative estimate of drug-likeness (QED) is 0.520. The van der Waals surface area contributed by atoms with Gasteiger partial charge in [0, 0.05) is 23.9 Å². The molecule has 35 heavy (non-hydrogen) atoms. The molecule has 8 nitrogen and oxygen atoms in total. The fourth-order valence-corrected chi connectivity index (χ4v) is 8.13. The molecule has 4 aliphatic carbocycles. The van der Waals surface area contributed by atoms with Crippen LogP contribution in [0.2, 0.25) is 0 Å². The lowest BCUT2D eigenvalue weighted by Crippen LogP contribution is -2.63. The van der Waals surface area contributed by atoms with Crippen molar-refractivity contribution in [1.29, 1.82) is 0 Å². The van der Waals surface area contributed by atoms with Gasteiger partial charge in [0.05, 0.1) is 24.0 Å². The highest BCUT2D eigenvalue weighted by molar-refractivity contribution is 5.76. The lowest BCUT2D eigenvalue weighted by atomic mass is 9.47. The molecule has 0 N–H and O–H groups in total. The normalized spacial score (nSPS) is 48.2. The van der Waals surface area contributed by atoms with E-state index in [-0.39, 0.29) is 53.4 Å². The monoisotopic (exact) mass is 492 g/mol. The van der Waals surface area contributed by atoms with Gasteiger partial charge in [0.1, 0.15) is 6.10 Å². The second-order valence-corrected chi connectivity index (χ2v) is 13.1. The van der Waals surface area contributed by atoms with Gasteiger partial charge in [0.25, 0.3) is 0 Å². The topological polar surface area (TPSA) is 89.5 Å². The third-order valence-corrected chi connectivity index (χ3v) is 9.39. The number of ether oxygens (including phenoxy) is 6. The molecular formula is C27H40O8. The van der Waals surface area contributed by atoms with Crippen LogP contribution in [0.15, 0.2) is 0 Å². The zero-order valence-electron chi connectivity index (χ0n) is 21.6. The molecule has 3 saturated heterocycles. The summed E-state index contributed by atoms with van der Waals surface area (Å²) >= 11 is 0. The molecule has 3 heterocycles. The van der Waals surface area contributed by atoms with Gasteiger partial charge in [-0.15, -0.1) is 0 Å². The molecule has 8 atom stereocenters. The van der Waals surface area contributed by atoms with Crippen molar-refractivity contribution < 1.29 is 38.0 Å². The minimum Gasteiger partial charge on any atom is -0.465 e. The van der Waals surface area contributed by atoms with Gasteiger partial charge in [0.15, 0.2) is 24.3 Å². The predicted molar refractivity (Wildman–Crippen MR) is 123 cm³/mol. The molecule has 0 aromatic rings. The number of hydrogen-bond acceptors (Lipinski definition) is 8. The number of hydrogen-bond donors (Lipinski definition) is 0. The van der Waals surface area contributed by atoms with Gasteiger partial charge in [-0.1, -0.05) is 0 Å². The van der Waals surface area contributed by atoms with Crippen molar-refractivity contribution in [2.75, 3.05) is 13.2 Å². The van der Waals surface area contributed by atoms with Crippen LogP contribution in [0.25, 0.3) is 0 Å². The first kappa shape index (κ1) is 24.1. The molecule has 196 valence electrons. The minimum atomic E-state index is -0.683. The van der Waals surface area contributed by atoms with Crippen molar-refractivity contribution >= 4 is 11.9 Å². The molecule has 4 bridgehead atoms. The highest BCUT2D eigenvalue weighted by Gasteiger charge is 2.72. The minimum absolute atomic E-state index is 0.0107. The number of carbonyl (C=O) groups is 2. The Hall–Kier alpha value is -1.22. The van der Waals surface area contributed by atoms with Crippen molar-refractivity contribution in [3.63, 3.8) is 0 Å². The Bertz CT molecular complexity index is 863. The van der Waals surface area contributed by atoms with E-state index in [0.717, 1.165) is 32.1 Å². The van der Waals surface area contributed by atoms with Crippen molar-refractivity contribution in [1.82, 2.24) is 0 Å². The molecule has 8 heteroatoms. The summed E-state index contributed by atoms with van der Waals surface area (Å²) in [5, 5.41) is 0. The fourth-order valence-electron chi connectivity index (χ4n) is 8.13. The van der Waals surface area contributed by atoms with Crippen LogP contribution in [0.5, 0.6) is 0 Å². The maximum Gasteiger partial charge on any atom is 0.312 e. The Kier molecular flexibility index (Phi) is 5.61. The third kappa shape index (κ3) is 3.77. The summed E-state index contributed by atoms with van der Waals surface area (Å²) in [4.78, 5) is 25.1. The first-order chi connectivity index (χ1) is 16.5. The van der Waals surface area contributed by atoms with Crippen LogP contribution >= 0.6 is 0 Å². The van der Waals surface area contributed by atoms with Gasteiger partial charge in [-0.25, -0.2) is 0 Å². The highest BCUT2D eigenvalue weighted by atomic mass is 16.8. The van der Waals surface area contributed by atoms with E-state index in [4.69, 9.17) is 28.4 Å². The average molecular weight is 493 g/mol. The second kappa shape index (κ2) is 8.14. The van der Waals surface area contributed by atoms with Crippen molar-refractivity contribution in [2.24, 2.45) is 34.5 Å². The van der Waals surface area contributed by atoms with Crippen molar-refractivity contribution in [2.45, 2.75) is 110 Å². The molecule has 8 unspecified atom stereocenters. The number of fused-ring (bicyclic) bond motifs is 3. The smallest absolute Gasteiger partial charge is 0.312 e. The highest BCUT2D eigenvalue weighted by Crippen LogP contribution is 2.67. The van der Waals surface area contributed by atoms with Crippen LogP contribution in [0.4, 0.5) is 0 Å². The molecule has 0 radical (unpaired) electrons. The van der Waals surface area contributed by atoms with Crippen molar-refractivity contribution in [3.05, 3.63) is 0 Å². The molecule has 1 spiro atoms. The molecule has 0 aromatic carbocycles. The van der Waals surface area contributed by atoms with Crippen LogP contribution in [0.3, 0.4) is 0 Å². The number of esters is 2. The molecular weight excluding hydrogens is 452 g/mol. The molecule has 0 amide bonds. The molecule has 4 saturated carbocycles. The molecule has 3 aliphatic heterocycles. The standard InChI is InChI=1S/C27H40O8/c1-6-30-14(2)7-18-19-20(32-22(18)28)21-23(33-19)35-27(34-21)16-8-15-9-17(27)12-26(10-15,11-16)13-31-24(29)25(3,4)5/h14-21,23H,6-13H2,1-5H3. The zero-order valence-corrected chi connectivity index (χ0v) is 21.6. The van der Waals surface area contributed by atoms with E-state index >= 15 is 0 Å². The van der Waals surface area contributed by atoms with Gasteiger partial charge in [0.2, 0.25) is 0 Å². The Morgan fingerprint density at radius 1 is 1.09 bits per heavy atom. The van der Waals surface area contributed by atoms with Gasteiger partial charge in [-0.2, -0.15) is 0 Å². The Morgan fingerprint density at radius 2 is 1.80 bits per heavy atom. The maximum atomic E-state index is 12.7. The first-order valence-corrected chi connectivity index (χ1v) is 13.5. The van der Waals surface area contributed by atoms with Crippen LogP contribution in [0.1, 0.15) is 73.1 Å². The first-order valence-electron chi connectivity index (χ1n) is 13.5. The van der Waals surface area contributed by atoms with Gasteiger partial charge >= 0.3 is 11.9 Å². The van der Waals surface area contributed by atoms with E-state index in [9.17, 15) is 9.59 Å². The van der Waals surface area contributed by atoms with Crippen LogP contribution in [-0.2, 0) is 38.0 Å². The Labute approximate surface area is 207 Å². The molecule has 7 rings (SSSR count). The lowest BCUT2D eigenvalue weighted by Gasteiger charge is -2.62. The fraction of sp³-hybridized carbons (Fsp3) is 0.926. The molecule has 7 fully saturated rings. The van der Waals surface area contributed by atoms with Crippen LogP contribution in [0, 0.1) is 34.5 Å². The molecule has 0 aromatic heterocycles. The van der Waals surface area contributed by atoms with Crippen LogP contribution < -0.4 is 0 Å². The summed E-state index contributed by atoms with van der Waals surface area (Å²) in [6, 6.07) is 0. The van der Waals surface area contributed by atoms with E-state index < -0.39 is 23.6 Å². The van der Waals surface area contributed by atoms with Crippen LogP contribution in [-0.4, -0.2) is 61.6 Å². The van der Waals surface area contributed by atoms with Gasteiger partial charge < -0.3 is 28.4 Å². The summed E-state index contributed by atoms with van der Waals surface area (Å²) in [5.74, 6) is -0.309. The SMILES string of the molecule is CCOC(C)CC1C(=O)OC2C3OC4(OC3OC12)C1CC2CC4CC(COC(=O)C(C)(C)C)(C2)C1. The van der Waals surface area contributed by atoms with E-state index in [1.807, 2.05) is 34.6 Å². The van der Waals surface area contributed by atoms with Crippen molar-refractivity contribution in [3.8, 4) is 0 Å². The summed E-state index contributed by atoms with van der Waals surface area (Å²) in [6.07, 6.45) is 3.96. The summed E-state index contributed by atoms with van der Waals surface area (Å²) in [7, 11) is 0. The zero-order chi connectivity index (χ0) is 24.8. The number of carbonyl (C=O) groups excluding carboxylic acids is 2. The van der Waals surface area contributed by atoms with E-state index in [0.29, 0.717) is 25.6 Å². The third-order valence-electron chi connectivity index (χ3n) is 9.39. The molecule has 7 aliphatic rings. The summed E-state index contributed by atoms with van der Waals surface area (Å²) < 4.78 is 37.1. The Balaban J connectivity index is 1.15. The van der Waals surface area contributed by atoms with E-state index in [1.54, 1.807) is 0 Å². The number of rotatable bonds is 6.